The number of carbonyl (C=O) groups is 3. The number of hydrogen-bond donors (Lipinski definition) is 1. The number of aliphatic hydroxyl groups excluding tert-OH is 1. The summed E-state index contributed by atoms with van der Waals surface area (Å²) in [6.45, 7) is 7.06. The number of benzene rings is 2. The first-order chi connectivity index (χ1) is 17.3. The van der Waals surface area contributed by atoms with Gasteiger partial charge in [-0.2, -0.15) is 0 Å². The van der Waals surface area contributed by atoms with Crippen molar-refractivity contribution in [1.82, 2.24) is 9.80 Å². The number of likely N-dealkylation sites (N-methyl/N-ethyl adjacent to an activating group) is 1. The van der Waals surface area contributed by atoms with Gasteiger partial charge in [0, 0.05) is 30.8 Å². The van der Waals surface area contributed by atoms with E-state index in [1.54, 1.807) is 54.6 Å². The van der Waals surface area contributed by atoms with Crippen LogP contribution < -0.4 is 9.64 Å². The third kappa shape index (κ3) is 3.87. The second kappa shape index (κ2) is 9.99. The molecule has 2 aromatic rings. The van der Waals surface area contributed by atoms with E-state index in [4.69, 9.17) is 4.74 Å². The number of para-hydroxylation sites is 1. The Balaban J connectivity index is 1.95. The highest BCUT2D eigenvalue weighted by Gasteiger charge is 2.66. The number of amides is 2. The number of hydrogen-bond acceptors (Lipinski definition) is 6. The van der Waals surface area contributed by atoms with Crippen LogP contribution in [0.5, 0.6) is 5.75 Å². The fraction of sp³-hybridized carbons (Fsp3) is 0.321. The van der Waals surface area contributed by atoms with Crippen molar-refractivity contribution in [3.63, 3.8) is 0 Å². The number of ketones is 1. The number of likely N-dealkylation sites (tertiary alicyclic amines) is 1. The Morgan fingerprint density at radius 3 is 2.44 bits per heavy atom. The van der Waals surface area contributed by atoms with Crippen molar-refractivity contribution in [3.8, 4) is 5.75 Å². The van der Waals surface area contributed by atoms with Gasteiger partial charge in [-0.25, -0.2) is 0 Å². The molecule has 1 fully saturated rings. The van der Waals surface area contributed by atoms with Crippen molar-refractivity contribution < 1.29 is 24.2 Å². The second-order valence-corrected chi connectivity index (χ2v) is 9.12. The molecule has 0 unspecified atom stereocenters. The molecule has 2 heterocycles. The minimum Gasteiger partial charge on any atom is -0.507 e. The van der Waals surface area contributed by atoms with Gasteiger partial charge < -0.3 is 24.5 Å². The molecule has 2 aromatic carbocycles. The van der Waals surface area contributed by atoms with Gasteiger partial charge in [0.15, 0.2) is 5.54 Å². The lowest BCUT2D eigenvalue weighted by atomic mass is 9.82. The summed E-state index contributed by atoms with van der Waals surface area (Å²) in [5.74, 6) is -1.95. The molecule has 1 spiro atoms. The molecule has 2 aliphatic rings. The van der Waals surface area contributed by atoms with E-state index in [2.05, 4.69) is 6.58 Å². The molecule has 188 valence electrons. The molecular formula is C28H31N3O5. The summed E-state index contributed by atoms with van der Waals surface area (Å²) in [6.07, 6.45) is 2.44. The molecule has 1 atom stereocenters. The second-order valence-electron chi connectivity index (χ2n) is 9.12. The molecule has 4 rings (SSSR count). The highest BCUT2D eigenvalue weighted by atomic mass is 16.5. The molecule has 36 heavy (non-hydrogen) atoms. The van der Waals surface area contributed by atoms with Gasteiger partial charge in [0.05, 0.1) is 17.9 Å². The van der Waals surface area contributed by atoms with Crippen LogP contribution in [0.3, 0.4) is 0 Å². The number of Topliss-reactive ketones (excluding diaryl/α,β-unsaturated/α-hetero) is 1. The molecule has 0 aliphatic carbocycles. The largest absolute Gasteiger partial charge is 0.507 e. The van der Waals surface area contributed by atoms with Crippen molar-refractivity contribution in [1.29, 1.82) is 0 Å². The zero-order chi connectivity index (χ0) is 26.0. The van der Waals surface area contributed by atoms with Crippen LogP contribution in [0, 0.1) is 0 Å². The monoisotopic (exact) mass is 489 g/mol. The highest BCUT2D eigenvalue weighted by molar-refractivity contribution is 6.50. The molecule has 8 heteroatoms. The molecule has 2 amide bonds. The first kappa shape index (κ1) is 25.2. The van der Waals surface area contributed by atoms with Crippen LogP contribution in [-0.4, -0.2) is 72.8 Å². The van der Waals surface area contributed by atoms with Crippen molar-refractivity contribution in [2.45, 2.75) is 18.9 Å². The molecule has 8 nitrogen and oxygen atoms in total. The molecular weight excluding hydrogens is 458 g/mol. The van der Waals surface area contributed by atoms with Crippen molar-refractivity contribution >= 4 is 29.0 Å². The van der Waals surface area contributed by atoms with Crippen LogP contribution in [-0.2, 0) is 19.9 Å². The third-order valence-corrected chi connectivity index (χ3v) is 6.49. The summed E-state index contributed by atoms with van der Waals surface area (Å²) < 4.78 is 5.62. The van der Waals surface area contributed by atoms with Crippen molar-refractivity contribution in [2.24, 2.45) is 0 Å². The Labute approximate surface area is 211 Å². The van der Waals surface area contributed by atoms with E-state index in [0.717, 1.165) is 6.42 Å². The summed E-state index contributed by atoms with van der Waals surface area (Å²) in [5.41, 5.74) is -0.618. The maximum atomic E-state index is 14.2. The van der Waals surface area contributed by atoms with E-state index in [1.807, 2.05) is 25.9 Å². The minimum absolute atomic E-state index is 0.125. The highest BCUT2D eigenvalue weighted by Crippen LogP contribution is 2.53. The number of rotatable bonds is 9. The van der Waals surface area contributed by atoms with E-state index in [0.29, 0.717) is 35.7 Å². The fourth-order valence-electron chi connectivity index (χ4n) is 4.85. The molecule has 1 N–H and O–H groups in total. The predicted molar refractivity (Wildman–Crippen MR) is 138 cm³/mol. The zero-order valence-electron chi connectivity index (χ0n) is 20.9. The van der Waals surface area contributed by atoms with Gasteiger partial charge in [0.25, 0.3) is 17.6 Å². The Morgan fingerprint density at radius 2 is 1.81 bits per heavy atom. The maximum Gasteiger partial charge on any atom is 0.296 e. The molecule has 2 aliphatic heterocycles. The van der Waals surface area contributed by atoms with Crippen molar-refractivity contribution in [3.05, 3.63) is 77.9 Å². The average molecular weight is 490 g/mol. The lowest BCUT2D eigenvalue weighted by molar-refractivity contribution is -0.143. The summed E-state index contributed by atoms with van der Waals surface area (Å²) in [7, 11) is 3.69. The van der Waals surface area contributed by atoms with Gasteiger partial charge in [0.1, 0.15) is 11.5 Å². The fourth-order valence-corrected chi connectivity index (χ4v) is 4.85. The first-order valence-corrected chi connectivity index (χ1v) is 12.0. The topological polar surface area (TPSA) is 90.4 Å². The lowest BCUT2D eigenvalue weighted by Gasteiger charge is -2.35. The molecule has 0 radical (unpaired) electrons. The van der Waals surface area contributed by atoms with E-state index in [-0.39, 0.29) is 18.7 Å². The lowest BCUT2D eigenvalue weighted by Crippen LogP contribution is -2.53. The smallest absolute Gasteiger partial charge is 0.296 e. The summed E-state index contributed by atoms with van der Waals surface area (Å²) in [6, 6.07) is 13.7. The molecule has 1 saturated heterocycles. The molecule has 0 aromatic heterocycles. The normalized spacial score (nSPS) is 20.5. The zero-order valence-corrected chi connectivity index (χ0v) is 20.9. The number of ether oxygens (including phenoxy) is 1. The van der Waals surface area contributed by atoms with Crippen LogP contribution >= 0.6 is 0 Å². The standard InChI is InChI=1S/C28H31N3O5/c1-5-15-30-22-10-8-7-9-21(22)28(27(30)35)23(25(33)26(34)31(28)17-16-29(3)4)24(32)19-11-13-20(14-12-19)36-18-6-2/h5,7-14,32H,1,6,15-18H2,2-4H3/b24-23-/t28-/m1/s1. The number of fused-ring (bicyclic) bond motifs is 2. The van der Waals surface area contributed by atoms with Crippen LogP contribution in [0.25, 0.3) is 5.76 Å². The SMILES string of the molecule is C=CCN1C(=O)[C@]2(/C(=C(\O)c3ccc(OCCC)cc3)C(=O)C(=O)N2CCN(C)C)c2ccccc21. The summed E-state index contributed by atoms with van der Waals surface area (Å²) >= 11 is 0. The average Bonchev–Trinajstić information content (AvgIpc) is 3.25. The van der Waals surface area contributed by atoms with Gasteiger partial charge in [-0.15, -0.1) is 6.58 Å². The van der Waals surface area contributed by atoms with Gasteiger partial charge in [-0.1, -0.05) is 31.2 Å². The van der Waals surface area contributed by atoms with Crippen LogP contribution in [0.4, 0.5) is 5.69 Å². The Hall–Kier alpha value is -3.91. The summed E-state index contributed by atoms with van der Waals surface area (Å²) in [4.78, 5) is 45.8. The Kier molecular flexibility index (Phi) is 6.99. The molecule has 0 saturated carbocycles. The van der Waals surface area contributed by atoms with Crippen LogP contribution in [0.1, 0.15) is 24.5 Å². The van der Waals surface area contributed by atoms with Gasteiger partial charge in [-0.05, 0) is 50.8 Å². The number of aliphatic hydroxyl groups is 1. The van der Waals surface area contributed by atoms with E-state index >= 15 is 0 Å². The quantitative estimate of drug-likeness (QED) is 0.252. The van der Waals surface area contributed by atoms with Crippen LogP contribution in [0.2, 0.25) is 0 Å². The van der Waals surface area contributed by atoms with E-state index in [1.165, 1.54) is 9.80 Å². The van der Waals surface area contributed by atoms with Gasteiger partial charge in [-0.3, -0.25) is 14.4 Å². The van der Waals surface area contributed by atoms with Crippen molar-refractivity contribution in [2.75, 3.05) is 45.2 Å². The maximum absolute atomic E-state index is 14.2. The predicted octanol–water partition coefficient (Wildman–Crippen LogP) is 3.15. The van der Waals surface area contributed by atoms with Gasteiger partial charge in [0.2, 0.25) is 0 Å². The number of nitrogens with zero attached hydrogens (tertiary/aromatic N) is 3. The summed E-state index contributed by atoms with van der Waals surface area (Å²) in [5, 5.41) is 11.5. The van der Waals surface area contributed by atoms with E-state index < -0.39 is 28.9 Å². The minimum atomic E-state index is -1.77. The van der Waals surface area contributed by atoms with Gasteiger partial charge >= 0.3 is 0 Å². The number of anilines is 1. The van der Waals surface area contributed by atoms with E-state index in [9.17, 15) is 19.5 Å². The number of carbonyl (C=O) groups excluding carboxylic acids is 3. The molecule has 0 bridgehead atoms. The Bertz CT molecular complexity index is 1230. The Morgan fingerprint density at radius 1 is 1.11 bits per heavy atom. The first-order valence-electron chi connectivity index (χ1n) is 12.0. The van der Waals surface area contributed by atoms with Crippen LogP contribution in [0.15, 0.2) is 66.8 Å². The third-order valence-electron chi connectivity index (χ3n) is 6.49.